The van der Waals surface area contributed by atoms with Gasteiger partial charge in [-0.05, 0) is 29.2 Å². The van der Waals surface area contributed by atoms with Gasteiger partial charge in [-0.3, -0.25) is 4.79 Å². The van der Waals surface area contributed by atoms with Crippen LogP contribution in [0.25, 0.3) is 0 Å². The van der Waals surface area contributed by atoms with Crippen LogP contribution in [-0.2, 0) is 0 Å². The number of aromatic carboxylic acids is 1. The summed E-state index contributed by atoms with van der Waals surface area (Å²) >= 11 is 5.86. The van der Waals surface area contributed by atoms with Gasteiger partial charge in [-0.25, -0.2) is 9.78 Å². The zero-order chi connectivity index (χ0) is 15.6. The number of carbonyl (C=O) groups excluding carboxylic acids is 1. The number of aromatic nitrogens is 1. The standard InChI is InChI=1S/C12H8ClN3O5/c13-7-2-1-6(12(18)19)5-9(7)15-11(17)8-3-4-10(14-8)16(20)21/h1-5,14H,(H,15,17)(H,18,19). The number of nitro groups is 1. The van der Waals surface area contributed by atoms with Gasteiger partial charge in [0.1, 0.15) is 0 Å². The van der Waals surface area contributed by atoms with Crippen molar-refractivity contribution in [1.82, 2.24) is 4.98 Å². The predicted octanol–water partition coefficient (Wildman–Crippen LogP) is 2.53. The number of amides is 1. The number of carboxylic acid groups (broad SMARTS) is 1. The molecule has 3 N–H and O–H groups in total. The van der Waals surface area contributed by atoms with Gasteiger partial charge in [0.2, 0.25) is 0 Å². The number of rotatable bonds is 4. The van der Waals surface area contributed by atoms with Crippen molar-refractivity contribution in [2.45, 2.75) is 0 Å². The van der Waals surface area contributed by atoms with Crippen LogP contribution in [0.2, 0.25) is 5.02 Å². The van der Waals surface area contributed by atoms with Gasteiger partial charge >= 0.3 is 11.8 Å². The minimum atomic E-state index is -1.17. The van der Waals surface area contributed by atoms with Crippen molar-refractivity contribution in [2.24, 2.45) is 0 Å². The second kappa shape index (κ2) is 5.63. The molecule has 0 aliphatic rings. The summed E-state index contributed by atoms with van der Waals surface area (Å²) in [6, 6.07) is 6.20. The number of hydrogen-bond donors (Lipinski definition) is 3. The summed E-state index contributed by atoms with van der Waals surface area (Å²) in [5.41, 5.74) is 0.00415. The smallest absolute Gasteiger partial charge is 0.335 e. The minimum Gasteiger partial charge on any atom is -0.478 e. The number of halogens is 1. The van der Waals surface area contributed by atoms with Gasteiger partial charge in [-0.1, -0.05) is 11.6 Å². The Morgan fingerprint density at radius 1 is 1.29 bits per heavy atom. The Morgan fingerprint density at radius 2 is 2.00 bits per heavy atom. The number of H-pyrrole nitrogens is 1. The van der Waals surface area contributed by atoms with Crippen molar-refractivity contribution in [3.8, 4) is 0 Å². The van der Waals surface area contributed by atoms with Crippen molar-refractivity contribution in [3.05, 3.63) is 56.7 Å². The van der Waals surface area contributed by atoms with E-state index in [2.05, 4.69) is 10.3 Å². The molecule has 0 unspecified atom stereocenters. The van der Waals surface area contributed by atoms with E-state index in [-0.39, 0.29) is 27.8 Å². The molecule has 2 rings (SSSR count). The number of nitrogens with zero attached hydrogens (tertiary/aromatic N) is 1. The lowest BCUT2D eigenvalue weighted by atomic mass is 10.2. The summed E-state index contributed by atoms with van der Waals surface area (Å²) in [6.07, 6.45) is 0. The Kier molecular flexibility index (Phi) is 3.90. The van der Waals surface area contributed by atoms with Gasteiger partial charge < -0.3 is 20.5 Å². The predicted molar refractivity (Wildman–Crippen MR) is 73.8 cm³/mol. The molecule has 0 fully saturated rings. The van der Waals surface area contributed by atoms with Gasteiger partial charge in [0, 0.05) is 6.07 Å². The largest absolute Gasteiger partial charge is 0.478 e. The molecule has 8 nitrogen and oxygen atoms in total. The van der Waals surface area contributed by atoms with Crippen molar-refractivity contribution in [3.63, 3.8) is 0 Å². The fraction of sp³-hybridized carbons (Fsp3) is 0. The van der Waals surface area contributed by atoms with Gasteiger partial charge in [-0.15, -0.1) is 0 Å². The van der Waals surface area contributed by atoms with Crippen molar-refractivity contribution >= 4 is 35.0 Å². The lowest BCUT2D eigenvalue weighted by Crippen LogP contribution is -2.13. The molecule has 0 aliphatic heterocycles. The second-order valence-electron chi connectivity index (χ2n) is 3.97. The SMILES string of the molecule is O=C(O)c1ccc(Cl)c(NC(=O)c2ccc([N+](=O)[O-])[nH]2)c1. The third-order valence-electron chi connectivity index (χ3n) is 2.57. The van der Waals surface area contributed by atoms with Crippen LogP contribution in [0.15, 0.2) is 30.3 Å². The van der Waals surface area contributed by atoms with E-state index in [9.17, 15) is 19.7 Å². The van der Waals surface area contributed by atoms with E-state index in [0.29, 0.717) is 0 Å². The zero-order valence-electron chi connectivity index (χ0n) is 10.3. The Balaban J connectivity index is 2.24. The number of anilines is 1. The van der Waals surface area contributed by atoms with Gasteiger partial charge in [0.05, 0.1) is 16.3 Å². The molecule has 0 saturated carbocycles. The van der Waals surface area contributed by atoms with Crippen molar-refractivity contribution in [1.29, 1.82) is 0 Å². The maximum Gasteiger partial charge on any atom is 0.335 e. The Hall–Kier alpha value is -2.87. The summed E-state index contributed by atoms with van der Waals surface area (Å²) in [6.45, 7) is 0. The molecule has 9 heteroatoms. The highest BCUT2D eigenvalue weighted by atomic mass is 35.5. The number of benzene rings is 1. The first-order valence-electron chi connectivity index (χ1n) is 5.56. The second-order valence-corrected chi connectivity index (χ2v) is 4.38. The van der Waals surface area contributed by atoms with Crippen LogP contribution in [-0.4, -0.2) is 26.9 Å². The Labute approximate surface area is 122 Å². The maximum absolute atomic E-state index is 11.9. The fourth-order valence-corrected chi connectivity index (χ4v) is 1.73. The van der Waals surface area contributed by atoms with E-state index in [0.717, 1.165) is 6.07 Å². The van der Waals surface area contributed by atoms with Crippen LogP contribution >= 0.6 is 11.6 Å². The monoisotopic (exact) mass is 309 g/mol. The molecule has 21 heavy (non-hydrogen) atoms. The first-order chi connectivity index (χ1) is 9.88. The average Bonchev–Trinajstić information content (AvgIpc) is 2.90. The molecule has 0 atom stereocenters. The van der Waals surface area contributed by atoms with Crippen LogP contribution in [0.1, 0.15) is 20.8 Å². The number of carboxylic acids is 1. The van der Waals surface area contributed by atoms with E-state index < -0.39 is 16.8 Å². The average molecular weight is 310 g/mol. The summed E-state index contributed by atoms with van der Waals surface area (Å²) in [7, 11) is 0. The normalized spacial score (nSPS) is 10.1. The molecule has 1 heterocycles. The highest BCUT2D eigenvalue weighted by Crippen LogP contribution is 2.24. The van der Waals surface area contributed by atoms with Crippen LogP contribution in [0.4, 0.5) is 11.5 Å². The minimum absolute atomic E-state index is 0.0431. The van der Waals surface area contributed by atoms with Crippen molar-refractivity contribution < 1.29 is 19.6 Å². The molecular weight excluding hydrogens is 302 g/mol. The van der Waals surface area contributed by atoms with Crippen molar-refractivity contribution in [2.75, 3.05) is 5.32 Å². The number of nitrogens with one attached hydrogen (secondary N) is 2. The molecule has 108 valence electrons. The lowest BCUT2D eigenvalue weighted by molar-refractivity contribution is -0.389. The molecule has 1 aromatic heterocycles. The highest BCUT2D eigenvalue weighted by molar-refractivity contribution is 6.34. The zero-order valence-corrected chi connectivity index (χ0v) is 11.0. The Morgan fingerprint density at radius 3 is 2.57 bits per heavy atom. The highest BCUT2D eigenvalue weighted by Gasteiger charge is 2.17. The molecule has 0 aliphatic carbocycles. The molecule has 0 bridgehead atoms. The molecular formula is C12H8ClN3O5. The topological polar surface area (TPSA) is 125 Å². The third kappa shape index (κ3) is 3.18. The Bertz CT molecular complexity index is 740. The molecule has 1 amide bonds. The fourth-order valence-electron chi connectivity index (χ4n) is 1.57. The van der Waals surface area contributed by atoms with Gasteiger partial charge in [0.25, 0.3) is 5.91 Å². The number of carbonyl (C=O) groups is 2. The summed E-state index contributed by atoms with van der Waals surface area (Å²) in [4.78, 5) is 34.9. The van der Waals surface area contributed by atoms with Gasteiger partial charge in [-0.2, -0.15) is 0 Å². The van der Waals surface area contributed by atoms with E-state index in [1.54, 1.807) is 0 Å². The molecule has 0 saturated heterocycles. The van der Waals surface area contributed by atoms with E-state index in [1.807, 2.05) is 0 Å². The quantitative estimate of drug-likeness (QED) is 0.591. The van der Waals surface area contributed by atoms with E-state index in [4.69, 9.17) is 16.7 Å². The summed E-state index contributed by atoms with van der Waals surface area (Å²) < 4.78 is 0. The molecule has 2 aromatic rings. The first-order valence-corrected chi connectivity index (χ1v) is 5.94. The maximum atomic E-state index is 11.9. The van der Waals surface area contributed by atoms with Crippen LogP contribution < -0.4 is 5.32 Å². The van der Waals surface area contributed by atoms with Crippen LogP contribution in [0.5, 0.6) is 0 Å². The lowest BCUT2D eigenvalue weighted by Gasteiger charge is -2.06. The molecule has 0 radical (unpaired) electrons. The van der Waals surface area contributed by atoms with Gasteiger partial charge in [0.15, 0.2) is 5.69 Å². The summed E-state index contributed by atoms with van der Waals surface area (Å²) in [5, 5.41) is 21.9. The van der Waals surface area contributed by atoms with Crippen LogP contribution in [0, 0.1) is 10.1 Å². The summed E-state index contributed by atoms with van der Waals surface area (Å²) in [5.74, 6) is -2.17. The number of hydrogen-bond acceptors (Lipinski definition) is 4. The molecule has 1 aromatic carbocycles. The first kappa shape index (κ1) is 14.5. The number of aromatic amines is 1. The van der Waals surface area contributed by atoms with Crippen LogP contribution in [0.3, 0.4) is 0 Å². The van der Waals surface area contributed by atoms with E-state index in [1.165, 1.54) is 24.3 Å². The van der Waals surface area contributed by atoms with E-state index >= 15 is 0 Å². The third-order valence-corrected chi connectivity index (χ3v) is 2.90. The molecule has 0 spiro atoms.